The molecule has 1 atom stereocenters. The molecule has 0 amide bonds. The molecule has 0 spiro atoms. The largest absolute Gasteiger partial charge is 0.496 e. The van der Waals surface area contributed by atoms with Crippen LogP contribution in [0.1, 0.15) is 42.2 Å². The van der Waals surface area contributed by atoms with Crippen molar-refractivity contribution in [2.45, 2.75) is 46.3 Å². The molecular weight excluding hydrogens is 236 g/mol. The fraction of sp³-hybridized carbons (Fsp3) is 0.571. The van der Waals surface area contributed by atoms with Crippen LogP contribution in [0.15, 0.2) is 0 Å². The van der Waals surface area contributed by atoms with Crippen LogP contribution in [0.3, 0.4) is 0 Å². The van der Waals surface area contributed by atoms with E-state index < -0.39 is 0 Å². The summed E-state index contributed by atoms with van der Waals surface area (Å²) in [5, 5.41) is 0.824. The molecule has 94 valence electrons. The Bertz CT molecular complexity index is 478. The van der Waals surface area contributed by atoms with Crippen molar-refractivity contribution in [3.8, 4) is 5.75 Å². The second kappa shape index (κ2) is 3.89. The maximum absolute atomic E-state index is 6.37. The monoisotopic (exact) mass is 254 g/mol. The Balaban J connectivity index is 2.66. The van der Waals surface area contributed by atoms with Gasteiger partial charge >= 0.3 is 0 Å². The van der Waals surface area contributed by atoms with E-state index in [1.807, 2.05) is 20.8 Å². The van der Waals surface area contributed by atoms with Crippen LogP contribution in [0.5, 0.6) is 5.75 Å². The number of halogens is 1. The van der Waals surface area contributed by atoms with Gasteiger partial charge in [-0.3, -0.25) is 0 Å². The molecule has 1 heterocycles. The molecule has 1 fully saturated rings. The first-order valence-electron chi connectivity index (χ1n) is 5.82. The zero-order valence-electron chi connectivity index (χ0n) is 11.3. The maximum atomic E-state index is 6.37. The quantitative estimate of drug-likeness (QED) is 0.741. The van der Waals surface area contributed by atoms with E-state index in [1.54, 1.807) is 7.11 Å². The molecule has 0 radical (unpaired) electrons. The van der Waals surface area contributed by atoms with Crippen LogP contribution in [-0.2, 0) is 4.74 Å². The van der Waals surface area contributed by atoms with Gasteiger partial charge in [0.05, 0.1) is 12.7 Å². The van der Waals surface area contributed by atoms with E-state index >= 15 is 0 Å². The topological polar surface area (TPSA) is 21.8 Å². The van der Waals surface area contributed by atoms with Crippen LogP contribution in [0.4, 0.5) is 0 Å². The summed E-state index contributed by atoms with van der Waals surface area (Å²) in [5.41, 5.74) is 4.25. The molecule has 1 aliphatic rings. The number of ether oxygens (including phenoxy) is 2. The molecule has 0 aliphatic carbocycles. The third-order valence-electron chi connectivity index (χ3n) is 3.67. The zero-order chi connectivity index (χ0) is 13.0. The fourth-order valence-corrected chi connectivity index (χ4v) is 2.61. The van der Waals surface area contributed by atoms with Gasteiger partial charge in [0, 0.05) is 10.6 Å². The third kappa shape index (κ3) is 1.84. The molecule has 0 saturated carbocycles. The smallest absolute Gasteiger partial charge is 0.128 e. The summed E-state index contributed by atoms with van der Waals surface area (Å²) < 4.78 is 11.3. The van der Waals surface area contributed by atoms with Crippen molar-refractivity contribution in [2.24, 2.45) is 0 Å². The highest BCUT2D eigenvalue weighted by Crippen LogP contribution is 2.54. The van der Waals surface area contributed by atoms with Crippen molar-refractivity contribution in [3.63, 3.8) is 0 Å². The average molecular weight is 255 g/mol. The third-order valence-corrected chi connectivity index (χ3v) is 4.24. The summed E-state index contributed by atoms with van der Waals surface area (Å²) in [6, 6.07) is 0. The van der Waals surface area contributed by atoms with E-state index in [1.165, 1.54) is 0 Å². The predicted molar refractivity (Wildman–Crippen MR) is 70.1 cm³/mol. The number of methoxy groups -OCH3 is 1. The Labute approximate surface area is 108 Å². The van der Waals surface area contributed by atoms with E-state index in [9.17, 15) is 0 Å². The van der Waals surface area contributed by atoms with Gasteiger partial charge in [-0.1, -0.05) is 11.6 Å². The Morgan fingerprint density at radius 3 is 2.06 bits per heavy atom. The summed E-state index contributed by atoms with van der Waals surface area (Å²) in [5.74, 6) is 0.917. The van der Waals surface area contributed by atoms with Crippen molar-refractivity contribution in [1.82, 2.24) is 0 Å². The molecule has 0 bridgehead atoms. The van der Waals surface area contributed by atoms with Crippen LogP contribution in [0, 0.1) is 20.8 Å². The Kier molecular flexibility index (Phi) is 2.91. The van der Waals surface area contributed by atoms with Gasteiger partial charge < -0.3 is 9.47 Å². The minimum absolute atomic E-state index is 0.0919. The van der Waals surface area contributed by atoms with Crippen LogP contribution in [0.2, 0.25) is 5.02 Å². The van der Waals surface area contributed by atoms with Crippen molar-refractivity contribution < 1.29 is 9.47 Å². The lowest BCUT2D eigenvalue weighted by atomic mass is 9.93. The summed E-state index contributed by atoms with van der Waals surface area (Å²) >= 11 is 6.37. The molecule has 1 saturated heterocycles. The number of hydrogen-bond donors (Lipinski definition) is 0. The van der Waals surface area contributed by atoms with E-state index in [0.717, 1.165) is 33.0 Å². The normalized spacial score (nSPS) is 21.5. The summed E-state index contributed by atoms with van der Waals surface area (Å²) in [4.78, 5) is 0. The molecule has 2 rings (SSSR count). The summed E-state index contributed by atoms with van der Waals surface area (Å²) in [7, 11) is 1.70. The van der Waals surface area contributed by atoms with E-state index in [2.05, 4.69) is 13.8 Å². The lowest BCUT2D eigenvalue weighted by Crippen LogP contribution is -2.05. The standard InChI is InChI=1S/C14H19ClO2/c1-7-8(2)12(16-6)10(9(3)11(7)15)13-14(4,5)17-13/h13H,1-6H3. The molecule has 1 aromatic rings. The number of hydrogen-bond acceptors (Lipinski definition) is 2. The molecule has 2 nitrogen and oxygen atoms in total. The van der Waals surface area contributed by atoms with Crippen LogP contribution >= 0.6 is 11.6 Å². The number of benzene rings is 1. The first kappa shape index (κ1) is 12.7. The summed E-state index contributed by atoms with van der Waals surface area (Å²) in [6.07, 6.45) is 0.0919. The molecule has 1 unspecified atom stereocenters. The second-order valence-corrected chi connectivity index (χ2v) is 5.62. The second-order valence-electron chi connectivity index (χ2n) is 5.24. The van der Waals surface area contributed by atoms with Crippen LogP contribution < -0.4 is 4.74 Å². The van der Waals surface area contributed by atoms with Crippen molar-refractivity contribution in [2.75, 3.05) is 7.11 Å². The molecular formula is C14H19ClO2. The van der Waals surface area contributed by atoms with Gasteiger partial charge in [0.15, 0.2) is 0 Å². The van der Waals surface area contributed by atoms with Crippen molar-refractivity contribution in [1.29, 1.82) is 0 Å². The average Bonchev–Trinajstić information content (AvgIpc) is 2.89. The van der Waals surface area contributed by atoms with E-state index in [0.29, 0.717) is 0 Å². The maximum Gasteiger partial charge on any atom is 0.128 e. The molecule has 1 aromatic carbocycles. The van der Waals surface area contributed by atoms with Crippen molar-refractivity contribution in [3.05, 3.63) is 27.3 Å². The molecule has 17 heavy (non-hydrogen) atoms. The molecule has 0 N–H and O–H groups in total. The van der Waals surface area contributed by atoms with Gasteiger partial charge in [-0.2, -0.15) is 0 Å². The lowest BCUT2D eigenvalue weighted by Gasteiger charge is -2.18. The molecule has 0 aromatic heterocycles. The highest BCUT2D eigenvalue weighted by Gasteiger charge is 2.51. The first-order valence-corrected chi connectivity index (χ1v) is 6.20. The Hall–Kier alpha value is -0.730. The minimum atomic E-state index is -0.108. The fourth-order valence-electron chi connectivity index (χ4n) is 2.36. The molecule has 3 heteroatoms. The predicted octanol–water partition coefficient (Wildman–Crippen LogP) is 4.12. The number of rotatable bonds is 2. The highest BCUT2D eigenvalue weighted by molar-refractivity contribution is 6.32. The van der Waals surface area contributed by atoms with E-state index in [-0.39, 0.29) is 11.7 Å². The van der Waals surface area contributed by atoms with Gasteiger partial charge in [-0.15, -0.1) is 0 Å². The minimum Gasteiger partial charge on any atom is -0.496 e. The van der Waals surface area contributed by atoms with Gasteiger partial charge in [-0.25, -0.2) is 0 Å². The van der Waals surface area contributed by atoms with Gasteiger partial charge in [0.1, 0.15) is 11.9 Å². The van der Waals surface area contributed by atoms with Crippen LogP contribution in [-0.4, -0.2) is 12.7 Å². The zero-order valence-corrected chi connectivity index (χ0v) is 12.0. The lowest BCUT2D eigenvalue weighted by molar-refractivity contribution is 0.321. The highest BCUT2D eigenvalue weighted by atomic mass is 35.5. The number of epoxide rings is 1. The Morgan fingerprint density at radius 1 is 1.12 bits per heavy atom. The SMILES string of the molecule is COc1c(C)c(C)c(Cl)c(C)c1C1OC1(C)C. The van der Waals surface area contributed by atoms with Crippen molar-refractivity contribution >= 4 is 11.6 Å². The first-order chi connectivity index (χ1) is 7.81. The van der Waals surface area contributed by atoms with E-state index in [4.69, 9.17) is 21.1 Å². The molecule has 1 aliphatic heterocycles. The van der Waals surface area contributed by atoms with Gasteiger partial charge in [0.25, 0.3) is 0 Å². The summed E-state index contributed by atoms with van der Waals surface area (Å²) in [6.45, 7) is 10.3. The Morgan fingerprint density at radius 2 is 1.65 bits per heavy atom. The van der Waals surface area contributed by atoms with Gasteiger partial charge in [-0.05, 0) is 51.3 Å². The van der Waals surface area contributed by atoms with Gasteiger partial charge in [0.2, 0.25) is 0 Å². The van der Waals surface area contributed by atoms with Crippen LogP contribution in [0.25, 0.3) is 0 Å².